The van der Waals surface area contributed by atoms with Crippen molar-refractivity contribution in [3.63, 3.8) is 0 Å². The van der Waals surface area contributed by atoms with Gasteiger partial charge in [-0.25, -0.2) is 4.79 Å². The predicted octanol–water partition coefficient (Wildman–Crippen LogP) is 1.56. The maximum atomic E-state index is 12.5. The number of carbonyl (C=O) groups excluding carboxylic acids is 2. The third kappa shape index (κ3) is 6.46. The molecule has 0 saturated heterocycles. The Hall–Kier alpha value is -1.79. The van der Waals surface area contributed by atoms with Crippen LogP contribution >= 0.6 is 0 Å². The maximum Gasteiger partial charge on any atom is 0.325 e. The number of rotatable bonds is 8. The Morgan fingerprint density at radius 2 is 1.67 bits per heavy atom. The number of nitrogens with zero attached hydrogens (tertiary/aromatic N) is 2. The first-order chi connectivity index (χ1) is 9.74. The normalized spacial score (nSPS) is 11.9. The maximum absolute atomic E-state index is 12.5. The second kappa shape index (κ2) is 9.20. The van der Waals surface area contributed by atoms with Crippen LogP contribution in [0.4, 0.5) is 4.79 Å². The first-order valence-corrected chi connectivity index (χ1v) is 7.19. The van der Waals surface area contributed by atoms with Gasteiger partial charge >= 0.3 is 18.0 Å². The number of carboxylic acids is 1. The van der Waals surface area contributed by atoms with Gasteiger partial charge in [0.2, 0.25) is 0 Å². The van der Waals surface area contributed by atoms with Gasteiger partial charge in [-0.15, -0.1) is 0 Å². The van der Waals surface area contributed by atoms with Gasteiger partial charge in [0.15, 0.2) is 0 Å². The molecule has 7 nitrogen and oxygen atoms in total. The number of ether oxygens (including phenoxy) is 1. The van der Waals surface area contributed by atoms with Crippen molar-refractivity contribution >= 4 is 18.0 Å². The first kappa shape index (κ1) is 19.2. The van der Waals surface area contributed by atoms with E-state index in [1.165, 1.54) is 9.80 Å². The third-order valence-electron chi connectivity index (χ3n) is 3.06. The molecule has 122 valence electrons. The zero-order chi connectivity index (χ0) is 16.6. The van der Waals surface area contributed by atoms with E-state index in [0.29, 0.717) is 6.54 Å². The van der Waals surface area contributed by atoms with E-state index in [4.69, 9.17) is 9.84 Å². The quantitative estimate of drug-likeness (QED) is 0.688. The van der Waals surface area contributed by atoms with Crippen molar-refractivity contribution in [2.24, 2.45) is 0 Å². The van der Waals surface area contributed by atoms with E-state index in [1.807, 2.05) is 0 Å². The SMILES string of the molecule is CCOC(=O)CN(C(=O)N(CC)C(C)CC(=O)O)C(C)C. The van der Waals surface area contributed by atoms with Crippen LogP contribution in [0.2, 0.25) is 0 Å². The largest absolute Gasteiger partial charge is 0.481 e. The number of urea groups is 1. The van der Waals surface area contributed by atoms with Crippen molar-refractivity contribution in [3.8, 4) is 0 Å². The first-order valence-electron chi connectivity index (χ1n) is 7.19. The van der Waals surface area contributed by atoms with E-state index in [2.05, 4.69) is 0 Å². The molecule has 1 atom stereocenters. The molecule has 1 unspecified atom stereocenters. The summed E-state index contributed by atoms with van der Waals surface area (Å²) in [6.07, 6.45) is -0.134. The van der Waals surface area contributed by atoms with Gasteiger partial charge in [-0.2, -0.15) is 0 Å². The molecular weight excluding hydrogens is 276 g/mol. The Morgan fingerprint density at radius 3 is 2.05 bits per heavy atom. The standard InChI is InChI=1S/C14H26N2O5/c1-6-15(11(5)8-12(17)18)14(20)16(10(3)4)9-13(19)21-7-2/h10-11H,6-9H2,1-5H3,(H,17,18). The fraction of sp³-hybridized carbons (Fsp3) is 0.786. The lowest BCUT2D eigenvalue weighted by Crippen LogP contribution is -2.51. The Kier molecular flexibility index (Phi) is 8.42. The molecule has 2 amide bonds. The third-order valence-corrected chi connectivity index (χ3v) is 3.06. The van der Waals surface area contributed by atoms with Crippen LogP contribution in [0.1, 0.15) is 41.0 Å². The second-order valence-electron chi connectivity index (χ2n) is 5.04. The molecule has 0 heterocycles. The molecule has 0 aliphatic rings. The zero-order valence-corrected chi connectivity index (χ0v) is 13.5. The van der Waals surface area contributed by atoms with Gasteiger partial charge < -0.3 is 19.6 Å². The molecule has 0 aromatic rings. The van der Waals surface area contributed by atoms with Crippen molar-refractivity contribution < 1.29 is 24.2 Å². The van der Waals surface area contributed by atoms with Gasteiger partial charge in [-0.05, 0) is 34.6 Å². The van der Waals surface area contributed by atoms with Gasteiger partial charge in [0, 0.05) is 18.6 Å². The topological polar surface area (TPSA) is 87.2 Å². The van der Waals surface area contributed by atoms with Gasteiger partial charge in [0.1, 0.15) is 6.54 Å². The molecular formula is C14H26N2O5. The van der Waals surface area contributed by atoms with E-state index in [-0.39, 0.29) is 31.6 Å². The van der Waals surface area contributed by atoms with Gasteiger partial charge in [-0.1, -0.05) is 0 Å². The van der Waals surface area contributed by atoms with Crippen molar-refractivity contribution in [1.29, 1.82) is 0 Å². The van der Waals surface area contributed by atoms with Crippen LogP contribution in [0.3, 0.4) is 0 Å². The highest BCUT2D eigenvalue weighted by atomic mass is 16.5. The minimum atomic E-state index is -0.963. The molecule has 0 aromatic carbocycles. The van der Waals surface area contributed by atoms with Crippen LogP contribution in [0, 0.1) is 0 Å². The Morgan fingerprint density at radius 1 is 1.10 bits per heavy atom. The number of aliphatic carboxylic acids is 1. The average molecular weight is 302 g/mol. The fourth-order valence-corrected chi connectivity index (χ4v) is 1.98. The molecule has 0 radical (unpaired) electrons. The van der Waals surface area contributed by atoms with Crippen molar-refractivity contribution in [2.45, 2.75) is 53.1 Å². The molecule has 0 fully saturated rings. The van der Waals surface area contributed by atoms with Crippen LogP contribution in [0.5, 0.6) is 0 Å². The van der Waals surface area contributed by atoms with Crippen molar-refractivity contribution in [1.82, 2.24) is 9.80 Å². The highest BCUT2D eigenvalue weighted by Crippen LogP contribution is 2.11. The molecule has 0 aromatic heterocycles. The summed E-state index contributed by atoms with van der Waals surface area (Å²) in [4.78, 5) is 37.8. The van der Waals surface area contributed by atoms with Crippen LogP contribution < -0.4 is 0 Å². The highest BCUT2D eigenvalue weighted by molar-refractivity contribution is 5.82. The van der Waals surface area contributed by atoms with Crippen molar-refractivity contribution in [2.75, 3.05) is 19.7 Å². The smallest absolute Gasteiger partial charge is 0.325 e. The van der Waals surface area contributed by atoms with Crippen LogP contribution in [0.15, 0.2) is 0 Å². The van der Waals surface area contributed by atoms with E-state index in [9.17, 15) is 14.4 Å². The molecule has 0 saturated carbocycles. The number of hydrogen-bond acceptors (Lipinski definition) is 4. The van der Waals surface area contributed by atoms with Gasteiger partial charge in [0.25, 0.3) is 0 Å². The molecule has 0 aliphatic heterocycles. The lowest BCUT2D eigenvalue weighted by Gasteiger charge is -2.35. The van der Waals surface area contributed by atoms with E-state index in [1.54, 1.807) is 34.6 Å². The molecule has 0 rings (SSSR count). The number of amides is 2. The van der Waals surface area contributed by atoms with Crippen LogP contribution in [0.25, 0.3) is 0 Å². The number of carbonyl (C=O) groups is 3. The predicted molar refractivity (Wildman–Crippen MR) is 78.0 cm³/mol. The van der Waals surface area contributed by atoms with Gasteiger partial charge in [-0.3, -0.25) is 9.59 Å². The summed E-state index contributed by atoms with van der Waals surface area (Å²) in [7, 11) is 0. The monoisotopic (exact) mass is 302 g/mol. The Bertz CT molecular complexity index is 370. The summed E-state index contributed by atoms with van der Waals surface area (Å²) in [5.74, 6) is -1.43. The van der Waals surface area contributed by atoms with Gasteiger partial charge in [0.05, 0.1) is 13.0 Å². The minimum absolute atomic E-state index is 0.134. The van der Waals surface area contributed by atoms with E-state index < -0.39 is 18.0 Å². The van der Waals surface area contributed by atoms with Crippen LogP contribution in [-0.2, 0) is 14.3 Å². The summed E-state index contributed by atoms with van der Waals surface area (Å²) in [6, 6.07) is -0.981. The summed E-state index contributed by atoms with van der Waals surface area (Å²) < 4.78 is 4.87. The molecule has 1 N–H and O–H groups in total. The molecule has 0 aliphatic carbocycles. The zero-order valence-electron chi connectivity index (χ0n) is 13.5. The van der Waals surface area contributed by atoms with E-state index >= 15 is 0 Å². The number of carboxylic acid groups (broad SMARTS) is 1. The molecule has 7 heteroatoms. The van der Waals surface area contributed by atoms with Crippen molar-refractivity contribution in [3.05, 3.63) is 0 Å². The highest BCUT2D eigenvalue weighted by Gasteiger charge is 2.28. The Balaban J connectivity index is 4.98. The molecule has 21 heavy (non-hydrogen) atoms. The number of esters is 1. The minimum Gasteiger partial charge on any atom is -0.481 e. The van der Waals surface area contributed by atoms with E-state index in [0.717, 1.165) is 0 Å². The lowest BCUT2D eigenvalue weighted by atomic mass is 10.2. The summed E-state index contributed by atoms with van der Waals surface area (Å²) in [5, 5.41) is 8.85. The number of hydrogen-bond donors (Lipinski definition) is 1. The second-order valence-corrected chi connectivity index (χ2v) is 5.04. The van der Waals surface area contributed by atoms with Crippen LogP contribution in [-0.4, -0.2) is 64.7 Å². The summed E-state index contributed by atoms with van der Waals surface area (Å²) in [6.45, 7) is 9.25. The lowest BCUT2D eigenvalue weighted by molar-refractivity contribution is -0.144. The molecule has 0 spiro atoms. The molecule has 0 bridgehead atoms. The Labute approximate surface area is 125 Å². The fourth-order valence-electron chi connectivity index (χ4n) is 1.98. The summed E-state index contributed by atoms with van der Waals surface area (Å²) in [5.41, 5.74) is 0. The summed E-state index contributed by atoms with van der Waals surface area (Å²) >= 11 is 0. The average Bonchev–Trinajstić information content (AvgIpc) is 2.35.